The van der Waals surface area contributed by atoms with Crippen LogP contribution >= 0.6 is 0 Å². The van der Waals surface area contributed by atoms with Crippen LogP contribution in [0.4, 0.5) is 5.82 Å². The Morgan fingerprint density at radius 3 is 2.70 bits per heavy atom. The zero-order valence-corrected chi connectivity index (χ0v) is 11.5. The Morgan fingerprint density at radius 2 is 2.05 bits per heavy atom. The third-order valence-electron chi connectivity index (χ3n) is 2.91. The van der Waals surface area contributed by atoms with Gasteiger partial charge in [0.05, 0.1) is 12.7 Å². The van der Waals surface area contributed by atoms with E-state index in [1.54, 1.807) is 32.5 Å². The molecule has 1 aromatic carbocycles. The summed E-state index contributed by atoms with van der Waals surface area (Å²) in [5, 5.41) is 5.75. The zero-order valence-electron chi connectivity index (χ0n) is 11.5. The minimum absolute atomic E-state index is 0.161. The van der Waals surface area contributed by atoms with Crippen molar-refractivity contribution in [2.45, 2.75) is 6.54 Å². The normalized spacial score (nSPS) is 9.90. The first-order chi connectivity index (χ1) is 9.74. The van der Waals surface area contributed by atoms with Gasteiger partial charge in [-0.05, 0) is 18.2 Å². The third kappa shape index (κ3) is 3.26. The predicted octanol–water partition coefficient (Wildman–Crippen LogP) is 2.06. The number of hydrogen-bond donors (Lipinski definition) is 2. The van der Waals surface area contributed by atoms with E-state index in [1.165, 1.54) is 0 Å². The first kappa shape index (κ1) is 13.9. The first-order valence-electron chi connectivity index (χ1n) is 6.28. The number of ether oxygens (including phenoxy) is 1. The number of nitrogens with zero attached hydrogens (tertiary/aromatic N) is 1. The lowest BCUT2D eigenvalue weighted by Gasteiger charge is -2.09. The number of amides is 1. The lowest BCUT2D eigenvalue weighted by Crippen LogP contribution is -2.23. The Bertz CT molecular complexity index is 582. The lowest BCUT2D eigenvalue weighted by atomic mass is 10.2. The summed E-state index contributed by atoms with van der Waals surface area (Å²) in [5.41, 5.74) is 1.46. The maximum atomic E-state index is 12.0. The number of carbonyl (C=O) groups is 1. The second-order valence-corrected chi connectivity index (χ2v) is 4.18. The van der Waals surface area contributed by atoms with Crippen molar-refractivity contribution in [3.63, 3.8) is 0 Å². The van der Waals surface area contributed by atoms with Crippen molar-refractivity contribution in [1.82, 2.24) is 10.3 Å². The van der Waals surface area contributed by atoms with E-state index in [-0.39, 0.29) is 5.91 Å². The standard InChI is InChI=1S/C15H17N3O2/c1-16-14-8-7-12(10-17-14)15(19)18-9-11-5-3-4-6-13(11)20-2/h3-8,10H,9H2,1-2H3,(H,16,17)(H,18,19). The van der Waals surface area contributed by atoms with E-state index in [0.717, 1.165) is 17.1 Å². The van der Waals surface area contributed by atoms with E-state index in [2.05, 4.69) is 15.6 Å². The molecule has 0 bridgehead atoms. The molecule has 0 radical (unpaired) electrons. The fourth-order valence-electron chi connectivity index (χ4n) is 1.80. The number of nitrogens with one attached hydrogen (secondary N) is 2. The van der Waals surface area contributed by atoms with Crippen LogP contribution in [0.3, 0.4) is 0 Å². The van der Waals surface area contributed by atoms with E-state index in [1.807, 2.05) is 24.3 Å². The Balaban J connectivity index is 2.01. The Labute approximate surface area is 118 Å². The van der Waals surface area contributed by atoms with Crippen molar-refractivity contribution in [1.29, 1.82) is 0 Å². The summed E-state index contributed by atoms with van der Waals surface area (Å²) < 4.78 is 5.24. The molecule has 0 aliphatic rings. The molecule has 2 N–H and O–H groups in total. The number of methoxy groups -OCH3 is 1. The van der Waals surface area contributed by atoms with Crippen molar-refractivity contribution in [2.75, 3.05) is 19.5 Å². The van der Waals surface area contributed by atoms with Crippen LogP contribution in [0.5, 0.6) is 5.75 Å². The Morgan fingerprint density at radius 1 is 1.25 bits per heavy atom. The molecule has 0 atom stereocenters. The molecule has 2 rings (SSSR count). The highest BCUT2D eigenvalue weighted by Crippen LogP contribution is 2.16. The minimum Gasteiger partial charge on any atom is -0.496 e. The second kappa shape index (κ2) is 6.56. The molecule has 1 amide bonds. The largest absolute Gasteiger partial charge is 0.496 e. The van der Waals surface area contributed by atoms with Crippen LogP contribution in [0.25, 0.3) is 0 Å². The van der Waals surface area contributed by atoms with Gasteiger partial charge in [0.25, 0.3) is 5.91 Å². The van der Waals surface area contributed by atoms with Crippen molar-refractivity contribution < 1.29 is 9.53 Å². The molecular weight excluding hydrogens is 254 g/mol. The second-order valence-electron chi connectivity index (χ2n) is 4.18. The molecule has 0 aliphatic carbocycles. The van der Waals surface area contributed by atoms with Gasteiger partial charge in [0.1, 0.15) is 11.6 Å². The molecule has 0 saturated heterocycles. The fourth-order valence-corrected chi connectivity index (χ4v) is 1.80. The van der Waals surface area contributed by atoms with Crippen LogP contribution in [0.15, 0.2) is 42.6 Å². The molecule has 5 nitrogen and oxygen atoms in total. The molecule has 2 aromatic rings. The number of carbonyl (C=O) groups excluding carboxylic acids is 1. The summed E-state index contributed by atoms with van der Waals surface area (Å²) in [6.45, 7) is 0.413. The van der Waals surface area contributed by atoms with Gasteiger partial charge in [0, 0.05) is 25.4 Å². The van der Waals surface area contributed by atoms with Gasteiger partial charge in [-0.25, -0.2) is 4.98 Å². The van der Waals surface area contributed by atoms with E-state index in [4.69, 9.17) is 4.74 Å². The minimum atomic E-state index is -0.161. The van der Waals surface area contributed by atoms with Gasteiger partial charge in [-0.3, -0.25) is 4.79 Å². The summed E-state index contributed by atoms with van der Waals surface area (Å²) in [4.78, 5) is 16.1. The molecule has 5 heteroatoms. The average molecular weight is 271 g/mol. The quantitative estimate of drug-likeness (QED) is 0.873. The number of para-hydroxylation sites is 1. The number of anilines is 1. The maximum Gasteiger partial charge on any atom is 0.253 e. The van der Waals surface area contributed by atoms with Gasteiger partial charge in [-0.1, -0.05) is 18.2 Å². The van der Waals surface area contributed by atoms with E-state index < -0.39 is 0 Å². The van der Waals surface area contributed by atoms with Crippen LogP contribution in [0.1, 0.15) is 15.9 Å². The SMILES string of the molecule is CNc1ccc(C(=O)NCc2ccccc2OC)cn1. The van der Waals surface area contributed by atoms with Gasteiger partial charge in [-0.2, -0.15) is 0 Å². The number of aromatic nitrogens is 1. The summed E-state index contributed by atoms with van der Waals surface area (Å²) in [5.74, 6) is 1.33. The highest BCUT2D eigenvalue weighted by atomic mass is 16.5. The molecule has 0 unspecified atom stereocenters. The van der Waals surface area contributed by atoms with Crippen molar-refractivity contribution in [3.8, 4) is 5.75 Å². The van der Waals surface area contributed by atoms with E-state index in [0.29, 0.717) is 12.1 Å². The van der Waals surface area contributed by atoms with Crippen molar-refractivity contribution in [2.24, 2.45) is 0 Å². The van der Waals surface area contributed by atoms with Crippen LogP contribution in [-0.2, 0) is 6.54 Å². The van der Waals surface area contributed by atoms with Gasteiger partial charge >= 0.3 is 0 Å². The molecule has 0 aliphatic heterocycles. The average Bonchev–Trinajstić information content (AvgIpc) is 2.53. The maximum absolute atomic E-state index is 12.0. The Kier molecular flexibility index (Phi) is 4.55. The molecule has 1 aromatic heterocycles. The van der Waals surface area contributed by atoms with Crippen molar-refractivity contribution in [3.05, 3.63) is 53.7 Å². The number of hydrogen-bond acceptors (Lipinski definition) is 4. The number of pyridine rings is 1. The van der Waals surface area contributed by atoms with E-state index in [9.17, 15) is 4.79 Å². The molecular formula is C15H17N3O2. The van der Waals surface area contributed by atoms with E-state index >= 15 is 0 Å². The van der Waals surface area contributed by atoms with Crippen LogP contribution in [0, 0.1) is 0 Å². The summed E-state index contributed by atoms with van der Waals surface area (Å²) in [7, 11) is 3.39. The van der Waals surface area contributed by atoms with Gasteiger partial charge in [0.15, 0.2) is 0 Å². The third-order valence-corrected chi connectivity index (χ3v) is 2.91. The smallest absolute Gasteiger partial charge is 0.253 e. The molecule has 104 valence electrons. The highest BCUT2D eigenvalue weighted by molar-refractivity contribution is 5.94. The van der Waals surface area contributed by atoms with Crippen LogP contribution in [0.2, 0.25) is 0 Å². The highest BCUT2D eigenvalue weighted by Gasteiger charge is 2.07. The molecule has 0 spiro atoms. The molecule has 20 heavy (non-hydrogen) atoms. The fraction of sp³-hybridized carbons (Fsp3) is 0.200. The zero-order chi connectivity index (χ0) is 14.4. The number of benzene rings is 1. The van der Waals surface area contributed by atoms with Crippen molar-refractivity contribution >= 4 is 11.7 Å². The molecule has 0 saturated carbocycles. The summed E-state index contributed by atoms with van der Waals surface area (Å²) in [6, 6.07) is 11.1. The van der Waals surface area contributed by atoms with Crippen LogP contribution < -0.4 is 15.4 Å². The first-order valence-corrected chi connectivity index (χ1v) is 6.28. The van der Waals surface area contributed by atoms with Gasteiger partial charge in [0.2, 0.25) is 0 Å². The van der Waals surface area contributed by atoms with Gasteiger partial charge < -0.3 is 15.4 Å². The summed E-state index contributed by atoms with van der Waals surface area (Å²) in [6.07, 6.45) is 1.55. The monoisotopic (exact) mass is 271 g/mol. The summed E-state index contributed by atoms with van der Waals surface area (Å²) >= 11 is 0. The Hall–Kier alpha value is -2.56. The van der Waals surface area contributed by atoms with Crippen LogP contribution in [-0.4, -0.2) is 25.0 Å². The molecule has 1 heterocycles. The molecule has 0 fully saturated rings. The van der Waals surface area contributed by atoms with Gasteiger partial charge in [-0.15, -0.1) is 0 Å². The topological polar surface area (TPSA) is 63.2 Å². The number of rotatable bonds is 5. The lowest BCUT2D eigenvalue weighted by molar-refractivity contribution is 0.0950. The predicted molar refractivity (Wildman–Crippen MR) is 77.9 cm³/mol.